The minimum absolute atomic E-state index is 0.244. The van der Waals surface area contributed by atoms with Crippen LogP contribution in [0.5, 0.6) is 0 Å². The SMILES string of the molecule is O=C1CCC2CC(O)c3ccsc3CN12. The highest BCUT2D eigenvalue weighted by Gasteiger charge is 2.36. The molecule has 3 rings (SSSR count). The van der Waals surface area contributed by atoms with Crippen LogP contribution < -0.4 is 0 Å². The van der Waals surface area contributed by atoms with Gasteiger partial charge in [0, 0.05) is 17.3 Å². The molecule has 0 saturated carbocycles. The highest BCUT2D eigenvalue weighted by atomic mass is 32.1. The van der Waals surface area contributed by atoms with E-state index in [-0.39, 0.29) is 18.1 Å². The molecule has 4 heteroatoms. The summed E-state index contributed by atoms with van der Waals surface area (Å²) in [4.78, 5) is 14.7. The number of hydrogen-bond donors (Lipinski definition) is 1. The van der Waals surface area contributed by atoms with Gasteiger partial charge in [-0.2, -0.15) is 0 Å². The van der Waals surface area contributed by atoms with Gasteiger partial charge in [0.05, 0.1) is 12.6 Å². The normalized spacial score (nSPS) is 29.9. The molecule has 2 atom stereocenters. The predicted molar refractivity (Wildman–Crippen MR) is 57.5 cm³/mol. The van der Waals surface area contributed by atoms with Gasteiger partial charge in [-0.15, -0.1) is 11.3 Å². The summed E-state index contributed by atoms with van der Waals surface area (Å²) in [6.45, 7) is 0.702. The van der Waals surface area contributed by atoms with Crippen molar-refractivity contribution in [1.29, 1.82) is 0 Å². The summed E-state index contributed by atoms with van der Waals surface area (Å²) in [5.74, 6) is 0.244. The van der Waals surface area contributed by atoms with E-state index in [0.29, 0.717) is 19.4 Å². The van der Waals surface area contributed by atoms with Crippen LogP contribution in [0.1, 0.15) is 35.8 Å². The van der Waals surface area contributed by atoms with E-state index in [1.165, 1.54) is 0 Å². The number of carbonyl (C=O) groups excluding carboxylic acids is 1. The smallest absolute Gasteiger partial charge is 0.223 e. The van der Waals surface area contributed by atoms with Gasteiger partial charge in [0.2, 0.25) is 5.91 Å². The van der Waals surface area contributed by atoms with Gasteiger partial charge in [-0.3, -0.25) is 4.79 Å². The molecule has 0 bridgehead atoms. The van der Waals surface area contributed by atoms with E-state index in [1.807, 2.05) is 16.3 Å². The zero-order valence-corrected chi connectivity index (χ0v) is 9.17. The van der Waals surface area contributed by atoms with Crippen LogP contribution in [0.25, 0.3) is 0 Å². The fraction of sp³-hybridized carbons (Fsp3) is 0.545. The van der Waals surface area contributed by atoms with Crippen molar-refractivity contribution in [3.63, 3.8) is 0 Å². The van der Waals surface area contributed by atoms with Crippen molar-refractivity contribution in [1.82, 2.24) is 4.90 Å². The molecule has 0 aromatic carbocycles. The van der Waals surface area contributed by atoms with Crippen molar-refractivity contribution >= 4 is 17.2 Å². The number of rotatable bonds is 0. The standard InChI is InChI=1S/C11H13NO2S/c13-9-5-7-1-2-11(14)12(7)6-10-8(9)3-4-15-10/h3-4,7,9,13H,1-2,5-6H2. The zero-order valence-electron chi connectivity index (χ0n) is 8.35. The van der Waals surface area contributed by atoms with Crippen LogP contribution in [-0.2, 0) is 11.3 Å². The molecule has 2 unspecified atom stereocenters. The monoisotopic (exact) mass is 223 g/mol. The van der Waals surface area contributed by atoms with Gasteiger partial charge in [-0.25, -0.2) is 0 Å². The van der Waals surface area contributed by atoms with Crippen LogP contribution in [0.3, 0.4) is 0 Å². The summed E-state index contributed by atoms with van der Waals surface area (Å²) < 4.78 is 0. The van der Waals surface area contributed by atoms with Crippen molar-refractivity contribution in [2.75, 3.05) is 0 Å². The largest absolute Gasteiger partial charge is 0.388 e. The highest BCUT2D eigenvalue weighted by Crippen LogP contribution is 2.37. The van der Waals surface area contributed by atoms with Crippen LogP contribution in [-0.4, -0.2) is 22.0 Å². The molecule has 3 nitrogen and oxygen atoms in total. The Kier molecular flexibility index (Phi) is 2.07. The van der Waals surface area contributed by atoms with Crippen molar-refractivity contribution in [3.05, 3.63) is 21.9 Å². The number of amides is 1. The van der Waals surface area contributed by atoms with E-state index in [1.54, 1.807) is 11.3 Å². The zero-order chi connectivity index (χ0) is 10.4. The van der Waals surface area contributed by atoms with E-state index in [4.69, 9.17) is 0 Å². The van der Waals surface area contributed by atoms with Crippen LogP contribution in [0, 0.1) is 0 Å². The summed E-state index contributed by atoms with van der Waals surface area (Å²) >= 11 is 1.64. The van der Waals surface area contributed by atoms with Gasteiger partial charge >= 0.3 is 0 Å². The molecule has 2 aliphatic heterocycles. The van der Waals surface area contributed by atoms with Crippen molar-refractivity contribution in [2.24, 2.45) is 0 Å². The second kappa shape index (κ2) is 3.32. The molecule has 0 aliphatic carbocycles. The van der Waals surface area contributed by atoms with Gasteiger partial charge in [-0.05, 0) is 29.9 Å². The quantitative estimate of drug-likeness (QED) is 0.727. The summed E-state index contributed by atoms with van der Waals surface area (Å²) in [5, 5.41) is 12.0. The first-order chi connectivity index (χ1) is 7.25. The maximum atomic E-state index is 11.6. The van der Waals surface area contributed by atoms with Gasteiger partial charge < -0.3 is 10.0 Å². The molecule has 80 valence electrons. The summed E-state index contributed by atoms with van der Waals surface area (Å²) in [6.07, 6.45) is 1.88. The average Bonchev–Trinajstić information content (AvgIpc) is 2.76. The Bertz CT molecular complexity index is 401. The molecule has 1 saturated heterocycles. The Morgan fingerprint density at radius 2 is 2.40 bits per heavy atom. The summed E-state index contributed by atoms with van der Waals surface area (Å²) in [5.41, 5.74) is 1.03. The van der Waals surface area contributed by atoms with Crippen LogP contribution in [0.15, 0.2) is 11.4 Å². The molecular weight excluding hydrogens is 210 g/mol. The summed E-state index contributed by atoms with van der Waals surface area (Å²) in [7, 11) is 0. The van der Waals surface area contributed by atoms with E-state index in [0.717, 1.165) is 16.9 Å². The van der Waals surface area contributed by atoms with Crippen molar-refractivity contribution in [2.45, 2.75) is 38.0 Å². The lowest BCUT2D eigenvalue weighted by atomic mass is 10.0. The third-order valence-corrected chi connectivity index (χ3v) is 4.32. The fourth-order valence-corrected chi connectivity index (χ4v) is 3.50. The molecule has 1 amide bonds. The lowest BCUT2D eigenvalue weighted by Gasteiger charge is -2.22. The Morgan fingerprint density at radius 3 is 3.27 bits per heavy atom. The second-order valence-corrected chi connectivity index (χ2v) is 5.27. The molecule has 15 heavy (non-hydrogen) atoms. The van der Waals surface area contributed by atoms with Gasteiger partial charge in [0.1, 0.15) is 0 Å². The minimum Gasteiger partial charge on any atom is -0.388 e. The predicted octanol–water partition coefficient (Wildman–Crippen LogP) is 1.68. The average molecular weight is 223 g/mol. The molecule has 1 aromatic heterocycles. The number of nitrogens with zero attached hydrogens (tertiary/aromatic N) is 1. The topological polar surface area (TPSA) is 40.5 Å². The minimum atomic E-state index is -0.382. The Labute approximate surface area is 92.3 Å². The molecule has 1 fully saturated rings. The Hall–Kier alpha value is -0.870. The first kappa shape index (κ1) is 9.36. The van der Waals surface area contributed by atoms with Crippen molar-refractivity contribution < 1.29 is 9.90 Å². The Balaban J connectivity index is 1.98. The van der Waals surface area contributed by atoms with E-state index in [2.05, 4.69) is 0 Å². The molecule has 3 heterocycles. The van der Waals surface area contributed by atoms with Gasteiger partial charge in [0.25, 0.3) is 0 Å². The number of aliphatic hydroxyl groups is 1. The molecular formula is C11H13NO2S. The number of thiophene rings is 1. The lowest BCUT2D eigenvalue weighted by molar-refractivity contribution is -0.129. The number of fused-ring (bicyclic) bond motifs is 2. The third kappa shape index (κ3) is 1.40. The van der Waals surface area contributed by atoms with Gasteiger partial charge in [0.15, 0.2) is 0 Å². The molecule has 0 spiro atoms. The fourth-order valence-electron chi connectivity index (χ4n) is 2.57. The van der Waals surface area contributed by atoms with Crippen LogP contribution >= 0.6 is 11.3 Å². The molecule has 0 radical (unpaired) electrons. The summed E-state index contributed by atoms with van der Waals surface area (Å²) in [6, 6.07) is 2.24. The lowest BCUT2D eigenvalue weighted by Crippen LogP contribution is -2.31. The van der Waals surface area contributed by atoms with E-state index in [9.17, 15) is 9.90 Å². The first-order valence-corrected chi connectivity index (χ1v) is 6.17. The molecule has 2 aliphatic rings. The third-order valence-electron chi connectivity index (χ3n) is 3.40. The maximum Gasteiger partial charge on any atom is 0.223 e. The highest BCUT2D eigenvalue weighted by molar-refractivity contribution is 7.10. The van der Waals surface area contributed by atoms with E-state index < -0.39 is 0 Å². The Morgan fingerprint density at radius 1 is 1.53 bits per heavy atom. The maximum absolute atomic E-state index is 11.6. The first-order valence-electron chi connectivity index (χ1n) is 5.29. The number of aliphatic hydroxyl groups excluding tert-OH is 1. The number of hydrogen-bond acceptors (Lipinski definition) is 3. The molecule has 1 N–H and O–H groups in total. The molecule has 1 aromatic rings. The van der Waals surface area contributed by atoms with Crippen molar-refractivity contribution in [3.8, 4) is 0 Å². The second-order valence-electron chi connectivity index (χ2n) is 4.26. The number of carbonyl (C=O) groups is 1. The van der Waals surface area contributed by atoms with Crippen LogP contribution in [0.4, 0.5) is 0 Å². The van der Waals surface area contributed by atoms with Gasteiger partial charge in [-0.1, -0.05) is 0 Å². The van der Waals surface area contributed by atoms with Crippen LogP contribution in [0.2, 0.25) is 0 Å². The van der Waals surface area contributed by atoms with E-state index >= 15 is 0 Å².